The van der Waals surface area contributed by atoms with Crippen LogP contribution in [0.1, 0.15) is 11.1 Å². The molecule has 16 heavy (non-hydrogen) atoms. The molecule has 2 aromatic heterocycles. The first-order chi connectivity index (χ1) is 7.66. The van der Waals surface area contributed by atoms with Crippen LogP contribution in [0.5, 0.6) is 0 Å². The molecule has 2 aromatic rings. The number of nitrogen functional groups attached to an aromatic ring is 1. The molecule has 0 saturated carbocycles. The van der Waals surface area contributed by atoms with Crippen LogP contribution in [0.15, 0.2) is 12.4 Å². The van der Waals surface area contributed by atoms with Crippen LogP contribution in [-0.4, -0.2) is 20.7 Å². The molecular weight excluding hydrogens is 222 g/mol. The number of rotatable bonds is 4. The molecule has 5 nitrogen and oxygen atoms in total. The van der Waals surface area contributed by atoms with Crippen molar-refractivity contribution in [2.45, 2.75) is 20.4 Å². The summed E-state index contributed by atoms with van der Waals surface area (Å²) in [6.07, 6.45) is 3.88. The Labute approximate surface area is 98.4 Å². The summed E-state index contributed by atoms with van der Waals surface area (Å²) in [5.41, 5.74) is 7.88. The molecule has 0 aliphatic rings. The van der Waals surface area contributed by atoms with E-state index < -0.39 is 0 Å². The normalized spacial score (nSPS) is 10.6. The third-order valence-electron chi connectivity index (χ3n) is 2.35. The van der Waals surface area contributed by atoms with Crippen molar-refractivity contribution in [3.8, 4) is 0 Å². The Morgan fingerprint density at radius 1 is 1.50 bits per heavy atom. The Kier molecular flexibility index (Phi) is 3.09. The fourth-order valence-electron chi connectivity index (χ4n) is 1.39. The van der Waals surface area contributed by atoms with Gasteiger partial charge in [-0.3, -0.25) is 4.68 Å². The molecule has 0 unspecified atom stereocenters. The Morgan fingerprint density at radius 2 is 2.31 bits per heavy atom. The molecule has 0 fully saturated rings. The first-order valence-electron chi connectivity index (χ1n) is 5.11. The number of anilines is 2. The minimum atomic E-state index is 0.613. The van der Waals surface area contributed by atoms with E-state index in [2.05, 4.69) is 14.8 Å². The molecule has 0 bridgehead atoms. The van der Waals surface area contributed by atoms with Crippen molar-refractivity contribution in [2.75, 3.05) is 17.6 Å². The lowest BCUT2D eigenvalue weighted by Crippen LogP contribution is -2.10. The van der Waals surface area contributed by atoms with Crippen molar-refractivity contribution < 1.29 is 0 Å². The van der Waals surface area contributed by atoms with Gasteiger partial charge in [-0.2, -0.15) is 9.47 Å². The average molecular weight is 237 g/mol. The van der Waals surface area contributed by atoms with Gasteiger partial charge in [0.2, 0.25) is 0 Å². The largest absolute Gasteiger partial charge is 0.383 e. The van der Waals surface area contributed by atoms with Crippen molar-refractivity contribution >= 4 is 22.4 Å². The second-order valence-electron chi connectivity index (χ2n) is 3.73. The van der Waals surface area contributed by atoms with E-state index in [4.69, 9.17) is 5.73 Å². The van der Waals surface area contributed by atoms with E-state index in [0.29, 0.717) is 5.82 Å². The zero-order chi connectivity index (χ0) is 11.5. The van der Waals surface area contributed by atoms with Gasteiger partial charge in [0.05, 0.1) is 12.7 Å². The lowest BCUT2D eigenvalue weighted by molar-refractivity contribution is 0.638. The predicted octanol–water partition coefficient (Wildman–Crippen LogP) is 1.65. The van der Waals surface area contributed by atoms with Crippen molar-refractivity contribution in [3.05, 3.63) is 23.5 Å². The number of nitrogens with two attached hydrogens (primary N) is 1. The summed E-state index contributed by atoms with van der Waals surface area (Å²) in [4.78, 5) is 0. The first kappa shape index (κ1) is 10.9. The van der Waals surface area contributed by atoms with Crippen molar-refractivity contribution in [1.29, 1.82) is 0 Å². The van der Waals surface area contributed by atoms with Gasteiger partial charge in [0, 0.05) is 18.3 Å². The molecule has 2 rings (SSSR count). The van der Waals surface area contributed by atoms with E-state index in [1.54, 1.807) is 0 Å². The van der Waals surface area contributed by atoms with Crippen LogP contribution in [-0.2, 0) is 6.54 Å². The zero-order valence-corrected chi connectivity index (χ0v) is 10.2. The average Bonchev–Trinajstić information content (AvgIpc) is 2.79. The number of hydrogen-bond acceptors (Lipinski definition) is 5. The summed E-state index contributed by atoms with van der Waals surface area (Å²) < 4.78 is 6.00. The molecule has 0 atom stereocenters. The lowest BCUT2D eigenvalue weighted by atomic mass is 10.3. The molecule has 0 aromatic carbocycles. The Hall–Kier alpha value is -1.56. The van der Waals surface area contributed by atoms with Gasteiger partial charge in [0.1, 0.15) is 10.8 Å². The highest BCUT2D eigenvalue weighted by Gasteiger charge is 2.05. The van der Waals surface area contributed by atoms with Gasteiger partial charge in [-0.15, -0.1) is 0 Å². The predicted molar refractivity (Wildman–Crippen MR) is 66.7 cm³/mol. The molecule has 0 spiro atoms. The van der Waals surface area contributed by atoms with Crippen LogP contribution < -0.4 is 11.1 Å². The summed E-state index contributed by atoms with van der Waals surface area (Å²) >= 11 is 1.40. The highest BCUT2D eigenvalue weighted by atomic mass is 32.1. The summed E-state index contributed by atoms with van der Waals surface area (Å²) in [5, 5.41) is 8.56. The van der Waals surface area contributed by atoms with Gasteiger partial charge in [-0.05, 0) is 30.9 Å². The van der Waals surface area contributed by atoms with Crippen molar-refractivity contribution in [2.24, 2.45) is 0 Å². The van der Waals surface area contributed by atoms with E-state index >= 15 is 0 Å². The standard InChI is InChI=1S/C10H15N5S/c1-7-5-13-15(6-7)4-3-12-10-8(2)9(11)14-16-10/h5-6,12H,3-4H2,1-2H3,(H2,11,14). The molecule has 0 aliphatic heterocycles. The number of aryl methyl sites for hydroxylation is 1. The van der Waals surface area contributed by atoms with Crippen molar-refractivity contribution in [3.63, 3.8) is 0 Å². The second-order valence-corrected chi connectivity index (χ2v) is 4.50. The van der Waals surface area contributed by atoms with Gasteiger partial charge < -0.3 is 11.1 Å². The fourth-order valence-corrected chi connectivity index (χ4v) is 2.12. The minimum absolute atomic E-state index is 0.613. The number of aromatic nitrogens is 3. The smallest absolute Gasteiger partial charge is 0.142 e. The topological polar surface area (TPSA) is 68.8 Å². The van der Waals surface area contributed by atoms with Crippen LogP contribution in [0.2, 0.25) is 0 Å². The molecule has 3 N–H and O–H groups in total. The van der Waals surface area contributed by atoms with Crippen LogP contribution in [0.4, 0.5) is 10.8 Å². The Morgan fingerprint density at radius 3 is 2.88 bits per heavy atom. The molecule has 0 aliphatic carbocycles. The highest BCUT2D eigenvalue weighted by molar-refractivity contribution is 7.10. The molecule has 0 saturated heterocycles. The number of nitrogens with zero attached hydrogens (tertiary/aromatic N) is 3. The fraction of sp³-hybridized carbons (Fsp3) is 0.400. The molecular formula is C10H15N5S. The molecule has 6 heteroatoms. The summed E-state index contributed by atoms with van der Waals surface area (Å²) in [6.45, 7) is 5.67. The summed E-state index contributed by atoms with van der Waals surface area (Å²) in [6, 6.07) is 0. The zero-order valence-electron chi connectivity index (χ0n) is 9.40. The maximum atomic E-state index is 5.67. The van der Waals surface area contributed by atoms with Gasteiger partial charge in [-0.25, -0.2) is 0 Å². The van der Waals surface area contributed by atoms with Crippen molar-refractivity contribution in [1.82, 2.24) is 14.2 Å². The maximum absolute atomic E-state index is 5.67. The van der Waals surface area contributed by atoms with Crippen LogP contribution in [0, 0.1) is 13.8 Å². The molecule has 86 valence electrons. The second kappa shape index (κ2) is 4.52. The van der Waals surface area contributed by atoms with E-state index in [9.17, 15) is 0 Å². The van der Waals surface area contributed by atoms with Gasteiger partial charge in [0.25, 0.3) is 0 Å². The third kappa shape index (κ3) is 2.33. The number of hydrogen-bond donors (Lipinski definition) is 2. The van der Waals surface area contributed by atoms with Gasteiger partial charge in [0.15, 0.2) is 0 Å². The Bertz CT molecular complexity index is 473. The van der Waals surface area contributed by atoms with Crippen LogP contribution in [0.3, 0.4) is 0 Å². The highest BCUT2D eigenvalue weighted by Crippen LogP contribution is 2.24. The van der Waals surface area contributed by atoms with Crippen LogP contribution in [0.25, 0.3) is 0 Å². The van der Waals surface area contributed by atoms with E-state index in [-0.39, 0.29) is 0 Å². The monoisotopic (exact) mass is 237 g/mol. The Balaban J connectivity index is 1.86. The molecule has 0 amide bonds. The third-order valence-corrected chi connectivity index (χ3v) is 3.27. The first-order valence-corrected chi connectivity index (χ1v) is 5.89. The SMILES string of the molecule is Cc1cnn(CCNc2snc(N)c2C)c1. The van der Waals surface area contributed by atoms with Gasteiger partial charge >= 0.3 is 0 Å². The summed E-state index contributed by atoms with van der Waals surface area (Å²) in [7, 11) is 0. The quantitative estimate of drug-likeness (QED) is 0.848. The molecule has 2 heterocycles. The van der Waals surface area contributed by atoms with E-state index in [1.165, 1.54) is 17.1 Å². The summed E-state index contributed by atoms with van der Waals surface area (Å²) in [5.74, 6) is 0.613. The van der Waals surface area contributed by atoms with E-state index in [1.807, 2.05) is 30.9 Å². The number of nitrogens with one attached hydrogen (secondary N) is 1. The van der Waals surface area contributed by atoms with Gasteiger partial charge in [-0.1, -0.05) is 0 Å². The van der Waals surface area contributed by atoms with E-state index in [0.717, 1.165) is 23.7 Å². The minimum Gasteiger partial charge on any atom is -0.383 e. The molecule has 0 radical (unpaired) electrons. The van der Waals surface area contributed by atoms with Crippen LogP contribution >= 0.6 is 11.5 Å². The maximum Gasteiger partial charge on any atom is 0.142 e. The lowest BCUT2D eigenvalue weighted by Gasteiger charge is -2.04.